The van der Waals surface area contributed by atoms with Crippen molar-refractivity contribution in [2.75, 3.05) is 6.61 Å². The van der Waals surface area contributed by atoms with Crippen LogP contribution in [0.25, 0.3) is 10.9 Å². The predicted octanol–water partition coefficient (Wildman–Crippen LogP) is 2.07. The van der Waals surface area contributed by atoms with E-state index in [1.807, 2.05) is 24.3 Å². The van der Waals surface area contributed by atoms with Crippen molar-refractivity contribution in [2.45, 2.75) is 50.8 Å². The lowest BCUT2D eigenvalue weighted by atomic mass is 10.0. The molecule has 146 valence electrons. The number of aromatic nitrogens is 1. The minimum absolute atomic E-state index is 0.0107. The molecule has 8 heteroatoms. The number of carboxylic acid groups (broad SMARTS) is 1. The molecular weight excluding hydrogens is 354 g/mol. The fourth-order valence-corrected chi connectivity index (χ4v) is 3.09. The highest BCUT2D eigenvalue weighted by atomic mass is 16.7. The SMILES string of the molecule is CC1OC(OCCCC(=O)O)[C@@H](O)CC1OC(=O)c1c[nH]c2ccccc12. The van der Waals surface area contributed by atoms with E-state index in [9.17, 15) is 14.7 Å². The number of carbonyl (C=O) groups excluding carboxylic acids is 1. The number of ether oxygens (including phenoxy) is 3. The number of aromatic amines is 1. The normalized spacial score (nSPS) is 25.4. The first kappa shape index (κ1) is 19.3. The largest absolute Gasteiger partial charge is 0.481 e. The van der Waals surface area contributed by atoms with Crippen LogP contribution in [-0.2, 0) is 19.0 Å². The number of esters is 1. The van der Waals surface area contributed by atoms with E-state index in [0.717, 1.165) is 10.9 Å². The molecule has 1 fully saturated rings. The molecule has 0 saturated carbocycles. The van der Waals surface area contributed by atoms with Gasteiger partial charge < -0.3 is 29.4 Å². The van der Waals surface area contributed by atoms with E-state index in [4.69, 9.17) is 19.3 Å². The molecule has 0 aliphatic carbocycles. The van der Waals surface area contributed by atoms with E-state index in [1.165, 1.54) is 0 Å². The van der Waals surface area contributed by atoms with Crippen molar-refractivity contribution in [1.82, 2.24) is 4.98 Å². The number of nitrogens with one attached hydrogen (secondary N) is 1. The molecule has 1 saturated heterocycles. The Kier molecular flexibility index (Phi) is 6.10. The van der Waals surface area contributed by atoms with Gasteiger partial charge >= 0.3 is 11.9 Å². The third-order valence-electron chi connectivity index (χ3n) is 4.54. The standard InChI is InChI=1S/C19H23NO7/c1-11-16(9-15(21)19(26-11)25-8-4-7-17(22)23)27-18(24)13-10-20-14-6-3-2-5-12(13)14/h2-3,5-6,10-11,15-16,19-21H,4,7-9H2,1H3,(H,22,23)/t11?,15-,16?,19?/m0/s1. The van der Waals surface area contributed by atoms with Crippen LogP contribution in [0, 0.1) is 0 Å². The van der Waals surface area contributed by atoms with Gasteiger partial charge in [-0.05, 0) is 19.4 Å². The number of hydrogen-bond donors (Lipinski definition) is 3. The number of fused-ring (bicyclic) bond motifs is 1. The molecule has 2 aromatic rings. The molecule has 3 rings (SSSR count). The molecular formula is C19H23NO7. The Morgan fingerprint density at radius 3 is 2.89 bits per heavy atom. The molecule has 1 aromatic carbocycles. The molecule has 4 atom stereocenters. The van der Waals surface area contributed by atoms with E-state index in [2.05, 4.69) is 4.98 Å². The van der Waals surface area contributed by atoms with Gasteiger partial charge in [0.25, 0.3) is 0 Å². The highest BCUT2D eigenvalue weighted by Crippen LogP contribution is 2.26. The maximum atomic E-state index is 12.5. The lowest BCUT2D eigenvalue weighted by molar-refractivity contribution is -0.260. The second-order valence-electron chi connectivity index (χ2n) is 6.57. The summed E-state index contributed by atoms with van der Waals surface area (Å²) in [5.74, 6) is -1.39. The van der Waals surface area contributed by atoms with Crippen LogP contribution in [0.1, 0.15) is 36.5 Å². The van der Waals surface area contributed by atoms with Crippen molar-refractivity contribution in [3.05, 3.63) is 36.0 Å². The van der Waals surface area contributed by atoms with Crippen LogP contribution in [-0.4, -0.2) is 58.3 Å². The summed E-state index contributed by atoms with van der Waals surface area (Å²) >= 11 is 0. The minimum atomic E-state index is -0.966. The Hall–Kier alpha value is -2.42. The molecule has 3 N–H and O–H groups in total. The molecule has 0 spiro atoms. The van der Waals surface area contributed by atoms with Gasteiger partial charge in [0.1, 0.15) is 12.2 Å². The molecule has 0 amide bonds. The second kappa shape index (κ2) is 8.51. The van der Waals surface area contributed by atoms with Crippen LogP contribution in [0.5, 0.6) is 0 Å². The third-order valence-corrected chi connectivity index (χ3v) is 4.54. The van der Waals surface area contributed by atoms with Gasteiger partial charge in [-0.2, -0.15) is 0 Å². The Bertz CT molecular complexity index is 802. The van der Waals surface area contributed by atoms with Gasteiger partial charge in [0, 0.05) is 29.9 Å². The summed E-state index contributed by atoms with van der Waals surface area (Å²) in [5.41, 5.74) is 1.27. The number of aliphatic hydroxyl groups is 1. The Morgan fingerprint density at radius 1 is 1.33 bits per heavy atom. The third kappa shape index (κ3) is 4.65. The van der Waals surface area contributed by atoms with E-state index >= 15 is 0 Å². The summed E-state index contributed by atoms with van der Waals surface area (Å²) in [6.07, 6.45) is -0.806. The molecule has 3 unspecified atom stereocenters. The maximum Gasteiger partial charge on any atom is 0.340 e. The second-order valence-corrected chi connectivity index (χ2v) is 6.57. The van der Waals surface area contributed by atoms with Crippen LogP contribution >= 0.6 is 0 Å². The highest BCUT2D eigenvalue weighted by Gasteiger charge is 2.38. The van der Waals surface area contributed by atoms with Crippen LogP contribution in [0.4, 0.5) is 0 Å². The smallest absolute Gasteiger partial charge is 0.340 e. The fraction of sp³-hybridized carbons (Fsp3) is 0.474. The quantitative estimate of drug-likeness (QED) is 0.499. The average molecular weight is 377 g/mol. The summed E-state index contributed by atoms with van der Waals surface area (Å²) in [5, 5.41) is 19.6. The van der Waals surface area contributed by atoms with Crippen molar-refractivity contribution >= 4 is 22.8 Å². The number of aliphatic hydroxyl groups excluding tert-OH is 1. The number of aliphatic carboxylic acids is 1. The molecule has 2 heterocycles. The molecule has 0 radical (unpaired) electrons. The average Bonchev–Trinajstić information content (AvgIpc) is 3.06. The fourth-order valence-electron chi connectivity index (χ4n) is 3.09. The number of rotatable bonds is 7. The zero-order chi connectivity index (χ0) is 19.4. The topological polar surface area (TPSA) is 118 Å². The van der Waals surface area contributed by atoms with Crippen molar-refractivity contribution < 1.29 is 34.0 Å². The number of hydrogen-bond acceptors (Lipinski definition) is 6. The molecule has 8 nitrogen and oxygen atoms in total. The van der Waals surface area contributed by atoms with E-state index in [1.54, 1.807) is 13.1 Å². The summed E-state index contributed by atoms with van der Waals surface area (Å²) in [6, 6.07) is 7.42. The van der Waals surface area contributed by atoms with Crippen molar-refractivity contribution in [3.8, 4) is 0 Å². The van der Waals surface area contributed by atoms with Gasteiger partial charge in [0.05, 0.1) is 18.3 Å². The van der Waals surface area contributed by atoms with E-state index in [0.29, 0.717) is 12.0 Å². The van der Waals surface area contributed by atoms with Crippen LogP contribution < -0.4 is 0 Å². The van der Waals surface area contributed by atoms with Crippen LogP contribution in [0.2, 0.25) is 0 Å². The summed E-state index contributed by atoms with van der Waals surface area (Å²) in [7, 11) is 0. The monoisotopic (exact) mass is 377 g/mol. The van der Waals surface area contributed by atoms with Crippen LogP contribution in [0.3, 0.4) is 0 Å². The van der Waals surface area contributed by atoms with Gasteiger partial charge in [-0.1, -0.05) is 18.2 Å². The predicted molar refractivity (Wildman–Crippen MR) is 95.3 cm³/mol. The zero-order valence-corrected chi connectivity index (χ0v) is 15.0. The molecule has 1 aliphatic heterocycles. The lowest BCUT2D eigenvalue weighted by Crippen LogP contribution is -2.48. The first-order valence-electron chi connectivity index (χ1n) is 8.89. The van der Waals surface area contributed by atoms with Crippen molar-refractivity contribution in [3.63, 3.8) is 0 Å². The molecule has 1 aromatic heterocycles. The maximum absolute atomic E-state index is 12.5. The Balaban J connectivity index is 1.56. The zero-order valence-electron chi connectivity index (χ0n) is 15.0. The van der Waals surface area contributed by atoms with Crippen molar-refractivity contribution in [2.24, 2.45) is 0 Å². The van der Waals surface area contributed by atoms with E-state index < -0.39 is 36.5 Å². The van der Waals surface area contributed by atoms with Gasteiger partial charge in [-0.3, -0.25) is 4.79 Å². The van der Waals surface area contributed by atoms with Gasteiger partial charge in [0.15, 0.2) is 6.29 Å². The molecule has 27 heavy (non-hydrogen) atoms. The minimum Gasteiger partial charge on any atom is -0.481 e. The van der Waals surface area contributed by atoms with Crippen molar-refractivity contribution in [1.29, 1.82) is 0 Å². The molecule has 1 aliphatic rings. The van der Waals surface area contributed by atoms with E-state index in [-0.39, 0.29) is 19.4 Å². The lowest BCUT2D eigenvalue weighted by Gasteiger charge is -2.37. The highest BCUT2D eigenvalue weighted by molar-refractivity contribution is 6.04. The van der Waals surface area contributed by atoms with Gasteiger partial charge in [0.2, 0.25) is 0 Å². The summed E-state index contributed by atoms with van der Waals surface area (Å²) < 4.78 is 16.6. The number of para-hydroxylation sites is 1. The number of H-pyrrole nitrogens is 1. The first-order valence-corrected chi connectivity index (χ1v) is 8.89. The Morgan fingerprint density at radius 2 is 2.11 bits per heavy atom. The summed E-state index contributed by atoms with van der Waals surface area (Å²) in [4.78, 5) is 26.1. The molecule has 0 bridgehead atoms. The number of carboxylic acids is 1. The Labute approximate surface area is 156 Å². The van der Waals surface area contributed by atoms with Gasteiger partial charge in [-0.25, -0.2) is 4.79 Å². The number of carbonyl (C=O) groups is 2. The van der Waals surface area contributed by atoms with Crippen LogP contribution in [0.15, 0.2) is 30.5 Å². The van der Waals surface area contributed by atoms with Gasteiger partial charge in [-0.15, -0.1) is 0 Å². The summed E-state index contributed by atoms with van der Waals surface area (Å²) in [6.45, 7) is 1.91. The number of benzene rings is 1. The first-order chi connectivity index (χ1) is 13.0.